The molecule has 3 aromatic rings. The lowest BCUT2D eigenvalue weighted by atomic mass is 10.0. The van der Waals surface area contributed by atoms with Crippen molar-refractivity contribution < 1.29 is 23.5 Å². The first kappa shape index (κ1) is 31.7. The fourth-order valence-corrected chi connectivity index (χ4v) is 6.73. The summed E-state index contributed by atoms with van der Waals surface area (Å²) in [6.45, 7) is 7.97. The second kappa shape index (κ2) is 13.7. The van der Waals surface area contributed by atoms with E-state index in [0.717, 1.165) is 50.6 Å². The van der Waals surface area contributed by atoms with Crippen LogP contribution in [0.15, 0.2) is 42.7 Å². The van der Waals surface area contributed by atoms with Gasteiger partial charge in [0.15, 0.2) is 12.0 Å². The molecule has 4 saturated heterocycles. The molecule has 250 valence electrons. The Balaban J connectivity index is 0.972. The number of nitrogens with zero attached hydrogens (tertiary/aromatic N) is 7. The molecule has 2 amide bonds. The number of likely N-dealkylation sites (tertiary alicyclic amines) is 1. The number of benzene rings is 2. The van der Waals surface area contributed by atoms with Gasteiger partial charge < -0.3 is 29.9 Å². The van der Waals surface area contributed by atoms with Crippen LogP contribution in [0.5, 0.6) is 5.75 Å². The van der Waals surface area contributed by atoms with Crippen molar-refractivity contribution in [2.75, 3.05) is 62.7 Å². The summed E-state index contributed by atoms with van der Waals surface area (Å²) in [4.78, 5) is 43.8. The van der Waals surface area contributed by atoms with E-state index in [-0.39, 0.29) is 36.1 Å². The van der Waals surface area contributed by atoms with Gasteiger partial charge in [-0.2, -0.15) is 10.2 Å². The molecule has 4 aliphatic rings. The molecule has 4 aliphatic heterocycles. The molecule has 2 aromatic carbocycles. The number of piperidine rings is 1. The highest BCUT2D eigenvalue weighted by atomic mass is 19.1. The van der Waals surface area contributed by atoms with Crippen molar-refractivity contribution in [3.63, 3.8) is 0 Å². The van der Waals surface area contributed by atoms with Gasteiger partial charge >= 0.3 is 0 Å². The second-order valence-corrected chi connectivity index (χ2v) is 12.7. The van der Waals surface area contributed by atoms with E-state index >= 15 is 4.39 Å². The van der Waals surface area contributed by atoms with Crippen molar-refractivity contribution >= 4 is 29.1 Å². The molecule has 48 heavy (non-hydrogen) atoms. The van der Waals surface area contributed by atoms with Crippen LogP contribution >= 0.6 is 0 Å². The van der Waals surface area contributed by atoms with Crippen LogP contribution in [-0.2, 0) is 14.3 Å². The Kier molecular flexibility index (Phi) is 9.05. The van der Waals surface area contributed by atoms with Gasteiger partial charge in [0.25, 0.3) is 0 Å². The Bertz CT molecular complexity index is 1720. The molecule has 4 fully saturated rings. The van der Waals surface area contributed by atoms with Gasteiger partial charge in [-0.25, -0.2) is 14.4 Å². The normalized spacial score (nSPS) is 23.3. The van der Waals surface area contributed by atoms with Gasteiger partial charge in [0.05, 0.1) is 31.4 Å². The van der Waals surface area contributed by atoms with E-state index in [1.54, 1.807) is 18.2 Å². The quantitative estimate of drug-likeness (QED) is 0.369. The monoisotopic (exact) mass is 655 g/mol. The number of ether oxygens (including phenoxy) is 2. The van der Waals surface area contributed by atoms with Crippen molar-refractivity contribution in [1.29, 1.82) is 5.26 Å². The highest BCUT2D eigenvalue weighted by Crippen LogP contribution is 2.30. The fourth-order valence-electron chi connectivity index (χ4n) is 6.73. The molecule has 0 spiro atoms. The van der Waals surface area contributed by atoms with Crippen molar-refractivity contribution in [3.8, 4) is 23.2 Å². The summed E-state index contributed by atoms with van der Waals surface area (Å²) < 4.78 is 26.5. The van der Waals surface area contributed by atoms with E-state index in [1.165, 1.54) is 16.9 Å². The minimum absolute atomic E-state index is 0.133. The molecule has 0 unspecified atom stereocenters. The maximum absolute atomic E-state index is 15.2. The van der Waals surface area contributed by atoms with Crippen molar-refractivity contribution in [2.24, 2.45) is 0 Å². The number of aryl methyl sites for hydroxylation is 1. The molecule has 0 saturated carbocycles. The lowest BCUT2D eigenvalue weighted by Gasteiger charge is -2.43. The van der Waals surface area contributed by atoms with Gasteiger partial charge in [0, 0.05) is 62.5 Å². The van der Waals surface area contributed by atoms with Gasteiger partial charge in [0.2, 0.25) is 17.8 Å². The number of amides is 2. The Morgan fingerprint density at radius 3 is 2.62 bits per heavy atom. The van der Waals surface area contributed by atoms with E-state index in [4.69, 9.17) is 9.47 Å². The van der Waals surface area contributed by atoms with E-state index in [1.807, 2.05) is 6.07 Å². The van der Waals surface area contributed by atoms with Gasteiger partial charge in [0.1, 0.15) is 30.3 Å². The molecule has 1 aromatic heterocycles. The van der Waals surface area contributed by atoms with Crippen LogP contribution in [0.1, 0.15) is 30.4 Å². The summed E-state index contributed by atoms with van der Waals surface area (Å²) in [5.41, 5.74) is 4.01. The minimum Gasteiger partial charge on any atom is -0.486 e. The summed E-state index contributed by atoms with van der Waals surface area (Å²) in [7, 11) is 0. The summed E-state index contributed by atoms with van der Waals surface area (Å²) in [5, 5.41) is 15.8. The number of anilines is 3. The number of carbonyl (C=O) groups is 2. The Labute approximate surface area is 278 Å². The van der Waals surface area contributed by atoms with E-state index < -0.39 is 18.3 Å². The molecule has 0 aliphatic carbocycles. The molecular weight excluding hydrogens is 617 g/mol. The zero-order valence-electron chi connectivity index (χ0n) is 26.8. The maximum atomic E-state index is 15.2. The molecule has 2 N–H and O–H groups in total. The van der Waals surface area contributed by atoms with E-state index in [0.29, 0.717) is 42.8 Å². The molecule has 14 heteroatoms. The zero-order chi connectivity index (χ0) is 33.2. The smallest absolute Gasteiger partial charge is 0.245 e. The first-order chi connectivity index (χ1) is 23.3. The predicted octanol–water partition coefficient (Wildman–Crippen LogP) is 2.58. The first-order valence-electron chi connectivity index (χ1n) is 16.4. The topological polar surface area (TPSA) is 149 Å². The van der Waals surface area contributed by atoms with Crippen LogP contribution in [0.2, 0.25) is 0 Å². The highest BCUT2D eigenvalue weighted by molar-refractivity contribution is 5.90. The summed E-state index contributed by atoms with van der Waals surface area (Å²) in [6, 6.07) is 13.3. The maximum Gasteiger partial charge on any atom is 0.245 e. The Morgan fingerprint density at radius 1 is 1.10 bits per heavy atom. The largest absolute Gasteiger partial charge is 0.486 e. The van der Waals surface area contributed by atoms with Crippen molar-refractivity contribution in [1.82, 2.24) is 30.1 Å². The number of rotatable bonds is 8. The van der Waals surface area contributed by atoms with Crippen LogP contribution in [0.3, 0.4) is 0 Å². The minimum atomic E-state index is -1.45. The van der Waals surface area contributed by atoms with Crippen LogP contribution < -0.4 is 20.3 Å². The average molecular weight is 656 g/mol. The Hall–Kier alpha value is -4.87. The third-order valence-corrected chi connectivity index (χ3v) is 9.54. The van der Waals surface area contributed by atoms with Gasteiger partial charge in [-0.15, -0.1) is 0 Å². The van der Waals surface area contributed by atoms with Gasteiger partial charge in [-0.3, -0.25) is 14.5 Å². The molecule has 3 atom stereocenters. The zero-order valence-corrected chi connectivity index (χ0v) is 26.8. The second-order valence-electron chi connectivity index (χ2n) is 12.7. The predicted molar refractivity (Wildman–Crippen MR) is 175 cm³/mol. The van der Waals surface area contributed by atoms with Crippen LogP contribution in [0, 0.1) is 18.3 Å². The lowest BCUT2D eigenvalue weighted by molar-refractivity contribution is -0.138. The van der Waals surface area contributed by atoms with Crippen LogP contribution in [0.4, 0.5) is 21.7 Å². The van der Waals surface area contributed by atoms with E-state index in [2.05, 4.69) is 60.5 Å². The third-order valence-electron chi connectivity index (χ3n) is 9.54. The van der Waals surface area contributed by atoms with Crippen molar-refractivity contribution in [3.05, 3.63) is 53.9 Å². The number of halogens is 1. The first-order valence-corrected chi connectivity index (χ1v) is 16.4. The van der Waals surface area contributed by atoms with Gasteiger partial charge in [-0.1, -0.05) is 0 Å². The number of hydrogen-bond acceptors (Lipinski definition) is 11. The molecule has 7 rings (SSSR count). The molecule has 5 heterocycles. The summed E-state index contributed by atoms with van der Waals surface area (Å²) >= 11 is 0. The molecule has 0 bridgehead atoms. The van der Waals surface area contributed by atoms with Crippen molar-refractivity contribution in [2.45, 2.75) is 50.5 Å². The number of alkyl halides is 1. The van der Waals surface area contributed by atoms with Crippen LogP contribution in [0.25, 0.3) is 11.4 Å². The van der Waals surface area contributed by atoms with Crippen LogP contribution in [-0.4, -0.2) is 113 Å². The number of aromatic nitrogens is 3. The summed E-state index contributed by atoms with van der Waals surface area (Å²) in [6.07, 6.45) is 0.126. The van der Waals surface area contributed by atoms with E-state index in [9.17, 15) is 14.9 Å². The molecular formula is C34H38FN9O4. The number of hydrogen-bond donors (Lipinski definition) is 2. The fraction of sp³-hybridized carbons (Fsp3) is 0.471. The molecule has 13 nitrogen and oxygen atoms in total. The molecule has 0 radical (unpaired) electrons. The number of piperazine rings is 1. The SMILES string of the molecule is Cc1cc(Nc2ncnc(-c3ccc(O[C@H]4CCN(C(=O)[C@@H]5CCC(=O)N5)C[C@@H]4F)c(C#N)c3)n2)ccc1N1CCN(C2COC2)CC1. The summed E-state index contributed by atoms with van der Waals surface area (Å²) in [5.74, 6) is 0.542. The third kappa shape index (κ3) is 6.74. The highest BCUT2D eigenvalue weighted by Gasteiger charge is 2.38. The number of nitriles is 1. The Morgan fingerprint density at radius 2 is 1.94 bits per heavy atom. The standard InChI is InChI=1S/C34H38FN9O4/c1-21-14-24(3-5-28(21)43-12-10-42(11-13-43)25-18-47-19-25)39-34-38-20-37-32(41-34)22-2-6-29(23(15-22)16-36)48-30-8-9-44(17-26(30)35)33(46)27-4-7-31(45)40-27/h2-3,5-6,14-15,20,25-27,30H,4,7-13,17-19H2,1H3,(H,40,45)(H,37,38,39,41)/t26-,27-,30-/m0/s1. The van der Waals surface area contributed by atoms with Gasteiger partial charge in [-0.05, 0) is 55.3 Å². The average Bonchev–Trinajstić information content (AvgIpc) is 3.51. The lowest BCUT2D eigenvalue weighted by Crippen LogP contribution is -2.56. The number of carbonyl (C=O) groups excluding carboxylic acids is 2. The number of nitrogens with one attached hydrogen (secondary N) is 2.